The molecule has 0 radical (unpaired) electrons. The van der Waals surface area contributed by atoms with Crippen molar-refractivity contribution in [2.24, 2.45) is 0 Å². The maximum Gasteiger partial charge on any atom is 0.417 e. The molecule has 1 unspecified atom stereocenters. The van der Waals surface area contributed by atoms with Crippen LogP contribution in [0.2, 0.25) is 0 Å². The fourth-order valence-electron chi connectivity index (χ4n) is 3.84. The Bertz CT molecular complexity index is 949. The maximum atomic E-state index is 15.2. The summed E-state index contributed by atoms with van der Waals surface area (Å²) in [6, 6.07) is 12.2. The Morgan fingerprint density at radius 2 is 1.83 bits per heavy atom. The third-order valence-corrected chi connectivity index (χ3v) is 5.22. The predicted octanol–water partition coefficient (Wildman–Crippen LogP) is 2.93. The lowest BCUT2D eigenvalue weighted by atomic mass is 10.1. The van der Waals surface area contributed by atoms with Crippen molar-refractivity contribution in [3.05, 3.63) is 65.0 Å². The molecule has 1 fully saturated rings. The Morgan fingerprint density at radius 1 is 1.10 bits per heavy atom. The van der Waals surface area contributed by atoms with Crippen LogP contribution in [0, 0.1) is 5.82 Å². The normalized spacial score (nSPS) is 18.7. The van der Waals surface area contributed by atoms with Gasteiger partial charge >= 0.3 is 12.1 Å². The van der Waals surface area contributed by atoms with E-state index in [-0.39, 0.29) is 25.3 Å². The van der Waals surface area contributed by atoms with Gasteiger partial charge < -0.3 is 15.0 Å². The molecule has 0 bridgehead atoms. The highest BCUT2D eigenvalue weighted by Gasteiger charge is 2.36. The summed E-state index contributed by atoms with van der Waals surface area (Å²) in [6.07, 6.45) is -0.897. The van der Waals surface area contributed by atoms with E-state index in [0.717, 1.165) is 5.56 Å². The summed E-state index contributed by atoms with van der Waals surface area (Å²) in [7, 11) is 3.73. The van der Waals surface area contributed by atoms with Crippen molar-refractivity contribution < 1.29 is 18.7 Å². The zero-order valence-corrected chi connectivity index (χ0v) is 16.4. The third-order valence-electron chi connectivity index (χ3n) is 5.22. The lowest BCUT2D eigenvalue weighted by molar-refractivity contribution is 0.0521. The highest BCUT2D eigenvalue weighted by Crippen LogP contribution is 2.37. The molecule has 1 atom stereocenters. The van der Waals surface area contributed by atoms with Crippen molar-refractivity contribution >= 4 is 12.1 Å². The first-order valence-electron chi connectivity index (χ1n) is 9.48. The van der Waals surface area contributed by atoms with Gasteiger partial charge in [0.1, 0.15) is 17.7 Å². The molecule has 0 spiro atoms. The number of nitrogens with one attached hydrogen (secondary N) is 1. The van der Waals surface area contributed by atoms with E-state index in [1.54, 1.807) is 29.2 Å². The first kappa shape index (κ1) is 19.2. The van der Waals surface area contributed by atoms with Gasteiger partial charge in [-0.3, -0.25) is 9.80 Å². The maximum absolute atomic E-state index is 15.2. The smallest absolute Gasteiger partial charge is 0.410 e. The summed E-state index contributed by atoms with van der Waals surface area (Å²) in [5.41, 5.74) is 1.65. The second-order valence-corrected chi connectivity index (χ2v) is 7.41. The SMILES string of the molecule is CN(C)C1c2ccccc2OC(=O)N1Cc1cccc(CN2CCNC2=O)c1F. The van der Waals surface area contributed by atoms with E-state index in [1.165, 1.54) is 4.90 Å². The van der Waals surface area contributed by atoms with E-state index in [9.17, 15) is 9.59 Å². The van der Waals surface area contributed by atoms with E-state index in [0.29, 0.717) is 30.0 Å². The molecule has 7 nitrogen and oxygen atoms in total. The number of benzene rings is 2. The Labute approximate surface area is 168 Å². The topological polar surface area (TPSA) is 65.1 Å². The molecule has 152 valence electrons. The van der Waals surface area contributed by atoms with Gasteiger partial charge in [0.2, 0.25) is 0 Å². The Hall–Kier alpha value is -3.13. The molecule has 2 aliphatic rings. The highest BCUT2D eigenvalue weighted by atomic mass is 19.1. The third kappa shape index (κ3) is 3.63. The Kier molecular flexibility index (Phi) is 5.10. The van der Waals surface area contributed by atoms with E-state index in [1.807, 2.05) is 37.2 Å². The van der Waals surface area contributed by atoms with Crippen LogP contribution in [0.3, 0.4) is 0 Å². The molecule has 2 heterocycles. The van der Waals surface area contributed by atoms with Crippen LogP contribution in [0.15, 0.2) is 42.5 Å². The van der Waals surface area contributed by atoms with Gasteiger partial charge in [-0.15, -0.1) is 0 Å². The quantitative estimate of drug-likeness (QED) is 0.841. The minimum atomic E-state index is -0.522. The number of urea groups is 1. The fourth-order valence-corrected chi connectivity index (χ4v) is 3.84. The molecule has 0 aliphatic carbocycles. The molecule has 8 heteroatoms. The van der Waals surface area contributed by atoms with Crippen LogP contribution in [-0.4, -0.2) is 54.0 Å². The molecular formula is C21H23FN4O3. The summed E-state index contributed by atoms with van der Waals surface area (Å²) in [6.45, 7) is 1.35. The molecule has 2 aromatic carbocycles. The van der Waals surface area contributed by atoms with E-state index >= 15 is 4.39 Å². The van der Waals surface area contributed by atoms with Crippen LogP contribution in [0.25, 0.3) is 0 Å². The van der Waals surface area contributed by atoms with Crippen molar-refractivity contribution in [1.82, 2.24) is 20.0 Å². The fraction of sp³-hybridized carbons (Fsp3) is 0.333. The molecule has 4 rings (SSSR count). The first-order chi connectivity index (χ1) is 14.0. The highest BCUT2D eigenvalue weighted by molar-refractivity contribution is 5.76. The number of fused-ring (bicyclic) bond motifs is 1. The minimum absolute atomic E-state index is 0.0574. The zero-order valence-electron chi connectivity index (χ0n) is 16.4. The Morgan fingerprint density at radius 3 is 2.52 bits per heavy atom. The van der Waals surface area contributed by atoms with Gasteiger partial charge in [0.05, 0.1) is 13.1 Å². The molecule has 0 saturated carbocycles. The van der Waals surface area contributed by atoms with Gasteiger partial charge in [-0.2, -0.15) is 0 Å². The number of rotatable bonds is 5. The van der Waals surface area contributed by atoms with Crippen LogP contribution in [0.4, 0.5) is 14.0 Å². The van der Waals surface area contributed by atoms with Crippen molar-refractivity contribution in [2.45, 2.75) is 19.3 Å². The number of hydrogen-bond acceptors (Lipinski definition) is 4. The summed E-state index contributed by atoms with van der Waals surface area (Å²) in [5.74, 6) is 0.109. The molecule has 2 aliphatic heterocycles. The summed E-state index contributed by atoms with van der Waals surface area (Å²) in [4.78, 5) is 29.4. The van der Waals surface area contributed by atoms with Crippen molar-refractivity contribution in [1.29, 1.82) is 0 Å². The van der Waals surface area contributed by atoms with Gasteiger partial charge in [0.25, 0.3) is 0 Å². The number of halogens is 1. The summed E-state index contributed by atoms with van der Waals surface area (Å²) in [5, 5.41) is 2.71. The average molecular weight is 398 g/mol. The minimum Gasteiger partial charge on any atom is -0.410 e. The molecular weight excluding hydrogens is 375 g/mol. The number of hydrogen-bond donors (Lipinski definition) is 1. The van der Waals surface area contributed by atoms with E-state index in [2.05, 4.69) is 5.32 Å². The van der Waals surface area contributed by atoms with Gasteiger partial charge in [-0.1, -0.05) is 36.4 Å². The van der Waals surface area contributed by atoms with Crippen LogP contribution in [-0.2, 0) is 13.1 Å². The molecule has 2 aromatic rings. The monoisotopic (exact) mass is 398 g/mol. The second-order valence-electron chi connectivity index (χ2n) is 7.41. The lowest BCUT2D eigenvalue weighted by Crippen LogP contribution is -2.46. The molecule has 3 amide bonds. The summed E-state index contributed by atoms with van der Waals surface area (Å²) < 4.78 is 20.7. The van der Waals surface area contributed by atoms with Crippen LogP contribution in [0.5, 0.6) is 5.75 Å². The molecule has 0 aromatic heterocycles. The number of ether oxygens (including phenoxy) is 1. The largest absolute Gasteiger partial charge is 0.417 e. The molecule has 1 saturated heterocycles. The van der Waals surface area contributed by atoms with Gasteiger partial charge in [0, 0.05) is 29.8 Å². The first-order valence-corrected chi connectivity index (χ1v) is 9.48. The van der Waals surface area contributed by atoms with Crippen molar-refractivity contribution in [3.63, 3.8) is 0 Å². The van der Waals surface area contributed by atoms with Gasteiger partial charge in [-0.25, -0.2) is 14.0 Å². The van der Waals surface area contributed by atoms with Crippen molar-refractivity contribution in [3.8, 4) is 5.75 Å². The predicted molar refractivity (Wildman–Crippen MR) is 105 cm³/mol. The lowest BCUT2D eigenvalue weighted by Gasteiger charge is -2.39. The zero-order chi connectivity index (χ0) is 20.5. The van der Waals surface area contributed by atoms with Gasteiger partial charge in [-0.05, 0) is 20.2 Å². The second kappa shape index (κ2) is 7.71. The van der Waals surface area contributed by atoms with Crippen LogP contribution in [0.1, 0.15) is 22.9 Å². The van der Waals surface area contributed by atoms with Crippen LogP contribution < -0.4 is 10.1 Å². The van der Waals surface area contributed by atoms with E-state index in [4.69, 9.17) is 4.74 Å². The van der Waals surface area contributed by atoms with Crippen molar-refractivity contribution in [2.75, 3.05) is 27.2 Å². The number of carbonyl (C=O) groups excluding carboxylic acids is 2. The average Bonchev–Trinajstić information content (AvgIpc) is 3.09. The number of carbonyl (C=O) groups is 2. The number of amides is 3. The number of para-hydroxylation sites is 1. The van der Waals surface area contributed by atoms with Crippen LogP contribution >= 0.6 is 0 Å². The molecule has 29 heavy (non-hydrogen) atoms. The standard InChI is InChI=1S/C21H23FN4O3/c1-24(2)19-16-8-3-4-9-17(16)29-21(28)26(19)13-15-7-5-6-14(18(15)22)12-25-11-10-23-20(25)27/h3-9,19H,10-13H2,1-2H3,(H,23,27). The van der Waals surface area contributed by atoms with Gasteiger partial charge in [0.15, 0.2) is 0 Å². The summed E-state index contributed by atoms with van der Waals surface area (Å²) >= 11 is 0. The van der Waals surface area contributed by atoms with E-state index < -0.39 is 11.9 Å². The molecule has 1 N–H and O–H groups in total. The number of nitrogens with zero attached hydrogens (tertiary/aromatic N) is 3. The Balaban J connectivity index is 1.62.